The predicted molar refractivity (Wildman–Crippen MR) is 107 cm³/mol. The molecule has 1 unspecified atom stereocenters. The predicted octanol–water partition coefficient (Wildman–Crippen LogP) is 2.38. The monoisotopic (exact) mass is 458 g/mol. The molecule has 0 spiro atoms. The van der Waals surface area contributed by atoms with Crippen molar-refractivity contribution in [3.05, 3.63) is 64.7 Å². The van der Waals surface area contributed by atoms with Crippen LogP contribution in [-0.4, -0.2) is 35.2 Å². The number of halogens is 1. The summed E-state index contributed by atoms with van der Waals surface area (Å²) in [6, 6.07) is 14.9. The standard InChI is InChI=1S/C16H18N4O4.HI/c17-16(19-12-4-2-1-3-5-12)18-10-14(21)11-24-15-8-6-13(7-9-15)20(22)23;/h1-9,14,21H,10-11H2,(H3,17,18,19);1H. The third-order valence-corrected chi connectivity index (χ3v) is 3.01. The van der Waals surface area contributed by atoms with Crippen LogP contribution < -0.4 is 15.8 Å². The molecule has 0 aliphatic rings. The third kappa shape index (κ3) is 7.35. The zero-order valence-electron chi connectivity index (χ0n) is 13.2. The highest BCUT2D eigenvalue weighted by Gasteiger charge is 2.07. The first-order valence-electron chi connectivity index (χ1n) is 7.22. The molecule has 0 bridgehead atoms. The van der Waals surface area contributed by atoms with E-state index in [1.165, 1.54) is 24.3 Å². The van der Waals surface area contributed by atoms with Crippen molar-refractivity contribution in [3.8, 4) is 5.75 Å². The Kier molecular flexibility index (Phi) is 8.64. The van der Waals surface area contributed by atoms with E-state index in [2.05, 4.69) is 10.3 Å². The van der Waals surface area contributed by atoms with Crippen molar-refractivity contribution < 1.29 is 14.8 Å². The van der Waals surface area contributed by atoms with E-state index in [0.717, 1.165) is 5.69 Å². The van der Waals surface area contributed by atoms with Crippen molar-refractivity contribution in [2.75, 3.05) is 18.5 Å². The Morgan fingerprint density at radius 1 is 1.24 bits per heavy atom. The van der Waals surface area contributed by atoms with Crippen LogP contribution in [0.15, 0.2) is 59.6 Å². The number of non-ortho nitro benzene ring substituents is 1. The molecule has 0 saturated heterocycles. The Hall–Kier alpha value is -2.40. The Morgan fingerprint density at radius 2 is 1.88 bits per heavy atom. The maximum Gasteiger partial charge on any atom is 0.269 e. The average molecular weight is 458 g/mol. The van der Waals surface area contributed by atoms with Crippen LogP contribution >= 0.6 is 24.0 Å². The van der Waals surface area contributed by atoms with Gasteiger partial charge >= 0.3 is 0 Å². The molecule has 0 amide bonds. The van der Waals surface area contributed by atoms with Crippen molar-refractivity contribution >= 4 is 41.3 Å². The Morgan fingerprint density at radius 3 is 2.48 bits per heavy atom. The number of guanidine groups is 1. The minimum Gasteiger partial charge on any atom is -0.491 e. The molecule has 0 aliphatic heterocycles. The molecular formula is C16H19IN4O4. The van der Waals surface area contributed by atoms with E-state index in [1.54, 1.807) is 0 Å². The highest BCUT2D eigenvalue weighted by Crippen LogP contribution is 2.17. The van der Waals surface area contributed by atoms with E-state index in [4.69, 9.17) is 10.5 Å². The van der Waals surface area contributed by atoms with Crippen LogP contribution in [-0.2, 0) is 0 Å². The van der Waals surface area contributed by atoms with Crippen molar-refractivity contribution in [1.82, 2.24) is 0 Å². The fraction of sp³-hybridized carbons (Fsp3) is 0.188. The molecule has 25 heavy (non-hydrogen) atoms. The first-order chi connectivity index (χ1) is 11.5. The maximum atomic E-state index is 10.6. The summed E-state index contributed by atoms with van der Waals surface area (Å²) in [4.78, 5) is 14.1. The van der Waals surface area contributed by atoms with Crippen LogP contribution in [0.3, 0.4) is 0 Å². The smallest absolute Gasteiger partial charge is 0.269 e. The number of aliphatic imine (C=N–C) groups is 1. The summed E-state index contributed by atoms with van der Waals surface area (Å²) >= 11 is 0. The summed E-state index contributed by atoms with van der Waals surface area (Å²) < 4.78 is 5.35. The summed E-state index contributed by atoms with van der Waals surface area (Å²) in [6.07, 6.45) is -0.851. The molecule has 0 aliphatic carbocycles. The van der Waals surface area contributed by atoms with Gasteiger partial charge in [0, 0.05) is 17.8 Å². The second-order valence-corrected chi connectivity index (χ2v) is 4.93. The van der Waals surface area contributed by atoms with Gasteiger partial charge in [-0.25, -0.2) is 0 Å². The molecule has 0 heterocycles. The highest BCUT2D eigenvalue weighted by molar-refractivity contribution is 14.0. The molecule has 9 heteroatoms. The van der Waals surface area contributed by atoms with Crippen LogP contribution in [0.5, 0.6) is 5.75 Å². The Labute approximate surface area is 161 Å². The highest BCUT2D eigenvalue weighted by atomic mass is 127. The van der Waals surface area contributed by atoms with Gasteiger partial charge in [0.15, 0.2) is 5.96 Å². The van der Waals surface area contributed by atoms with Crippen LogP contribution in [0, 0.1) is 10.1 Å². The summed E-state index contributed by atoms with van der Waals surface area (Å²) in [5.41, 5.74) is 6.51. The molecule has 0 fully saturated rings. The number of ether oxygens (including phenoxy) is 1. The zero-order valence-corrected chi connectivity index (χ0v) is 15.6. The van der Waals surface area contributed by atoms with Gasteiger partial charge in [-0.1, -0.05) is 18.2 Å². The summed E-state index contributed by atoms with van der Waals surface area (Å²) in [5, 5.41) is 23.3. The number of nitro groups is 1. The van der Waals surface area contributed by atoms with Crippen molar-refractivity contribution in [3.63, 3.8) is 0 Å². The lowest BCUT2D eigenvalue weighted by molar-refractivity contribution is -0.384. The topological polar surface area (TPSA) is 123 Å². The van der Waals surface area contributed by atoms with Crippen LogP contribution in [0.1, 0.15) is 0 Å². The number of aliphatic hydroxyl groups excluding tert-OH is 1. The first-order valence-corrected chi connectivity index (χ1v) is 7.22. The molecule has 2 aromatic carbocycles. The number of benzene rings is 2. The van der Waals surface area contributed by atoms with Gasteiger partial charge in [-0.15, -0.1) is 24.0 Å². The van der Waals surface area contributed by atoms with Gasteiger partial charge < -0.3 is 20.9 Å². The molecule has 2 aromatic rings. The molecule has 0 aromatic heterocycles. The largest absolute Gasteiger partial charge is 0.491 e. The SMILES string of the molecule is I.NC(=NCC(O)COc1ccc([N+](=O)[O-])cc1)Nc1ccccc1. The van der Waals surface area contributed by atoms with Gasteiger partial charge in [-0.2, -0.15) is 0 Å². The molecule has 8 nitrogen and oxygen atoms in total. The minimum absolute atomic E-state index is 0. The van der Waals surface area contributed by atoms with Crippen LogP contribution in [0.4, 0.5) is 11.4 Å². The third-order valence-electron chi connectivity index (χ3n) is 3.01. The second kappa shape index (κ2) is 10.5. The van der Waals surface area contributed by atoms with Gasteiger partial charge in [0.25, 0.3) is 5.69 Å². The van der Waals surface area contributed by atoms with E-state index < -0.39 is 11.0 Å². The summed E-state index contributed by atoms with van der Waals surface area (Å²) in [5.74, 6) is 0.620. The fourth-order valence-corrected chi connectivity index (χ4v) is 1.82. The number of para-hydroxylation sites is 1. The Balaban J connectivity index is 0.00000312. The van der Waals surface area contributed by atoms with Gasteiger partial charge in [-0.05, 0) is 24.3 Å². The summed E-state index contributed by atoms with van der Waals surface area (Å²) in [6.45, 7) is 0.0680. The average Bonchev–Trinajstić information content (AvgIpc) is 2.59. The van der Waals surface area contributed by atoms with Gasteiger partial charge in [0.2, 0.25) is 0 Å². The number of nitro benzene ring substituents is 1. The Bertz CT molecular complexity index is 695. The van der Waals surface area contributed by atoms with Crippen molar-refractivity contribution in [2.45, 2.75) is 6.10 Å². The minimum atomic E-state index is -0.851. The molecule has 0 saturated carbocycles. The van der Waals surface area contributed by atoms with Crippen LogP contribution in [0.2, 0.25) is 0 Å². The molecule has 134 valence electrons. The molecular weight excluding hydrogens is 439 g/mol. The number of hydrogen-bond acceptors (Lipinski definition) is 5. The lowest BCUT2D eigenvalue weighted by atomic mass is 10.3. The molecule has 2 rings (SSSR count). The maximum absolute atomic E-state index is 10.6. The lowest BCUT2D eigenvalue weighted by Gasteiger charge is -2.11. The van der Waals surface area contributed by atoms with E-state index >= 15 is 0 Å². The van der Waals surface area contributed by atoms with Gasteiger partial charge in [-0.3, -0.25) is 15.1 Å². The second-order valence-electron chi connectivity index (χ2n) is 4.93. The molecule has 0 radical (unpaired) electrons. The summed E-state index contributed by atoms with van der Waals surface area (Å²) in [7, 11) is 0. The molecule has 4 N–H and O–H groups in total. The van der Waals surface area contributed by atoms with Crippen molar-refractivity contribution in [2.24, 2.45) is 10.7 Å². The van der Waals surface area contributed by atoms with E-state index in [0.29, 0.717) is 5.75 Å². The van der Waals surface area contributed by atoms with E-state index in [9.17, 15) is 15.2 Å². The van der Waals surface area contributed by atoms with Gasteiger partial charge in [0.05, 0.1) is 11.5 Å². The van der Waals surface area contributed by atoms with E-state index in [1.807, 2.05) is 30.3 Å². The number of nitrogens with zero attached hydrogens (tertiary/aromatic N) is 2. The van der Waals surface area contributed by atoms with Crippen LogP contribution in [0.25, 0.3) is 0 Å². The number of anilines is 1. The number of hydrogen-bond donors (Lipinski definition) is 3. The molecule has 1 atom stereocenters. The van der Waals surface area contributed by atoms with Crippen molar-refractivity contribution in [1.29, 1.82) is 0 Å². The van der Waals surface area contributed by atoms with Gasteiger partial charge in [0.1, 0.15) is 18.5 Å². The number of nitrogens with two attached hydrogens (primary N) is 1. The zero-order chi connectivity index (χ0) is 17.4. The fourth-order valence-electron chi connectivity index (χ4n) is 1.82. The number of rotatable bonds is 7. The first kappa shape index (κ1) is 20.6. The lowest BCUT2D eigenvalue weighted by Crippen LogP contribution is -2.27. The normalized spacial score (nSPS) is 12.0. The quantitative estimate of drug-likeness (QED) is 0.193. The van der Waals surface area contributed by atoms with E-state index in [-0.39, 0.29) is 48.8 Å². The number of aliphatic hydroxyl groups is 1. The number of nitrogens with one attached hydrogen (secondary N) is 1.